The molecule has 18 heavy (non-hydrogen) atoms. The summed E-state index contributed by atoms with van der Waals surface area (Å²) >= 11 is 0. The standard InChI is InChI=1S/C11H16N2O4S/c1-17-11-6-9(5-10(7-11)13(14)15)8-12-3-4-18(2)16/h5-7,12H,3-4,8H2,1-2H3. The van der Waals surface area contributed by atoms with E-state index in [1.54, 1.807) is 12.3 Å². The molecule has 1 aromatic carbocycles. The van der Waals surface area contributed by atoms with Crippen LogP contribution < -0.4 is 10.1 Å². The molecule has 6 nitrogen and oxygen atoms in total. The second-order valence-corrected chi connectivity index (χ2v) is 5.31. The van der Waals surface area contributed by atoms with Crippen molar-refractivity contribution in [1.82, 2.24) is 5.32 Å². The Bertz CT molecular complexity index is 451. The Hall–Kier alpha value is -1.47. The number of ether oxygens (including phenoxy) is 1. The summed E-state index contributed by atoms with van der Waals surface area (Å²) in [6.07, 6.45) is 1.64. The molecule has 1 aromatic rings. The van der Waals surface area contributed by atoms with E-state index in [1.807, 2.05) is 0 Å². The molecule has 0 aliphatic rings. The molecule has 0 fully saturated rings. The minimum Gasteiger partial charge on any atom is -0.496 e. The Morgan fingerprint density at radius 1 is 1.44 bits per heavy atom. The van der Waals surface area contributed by atoms with Gasteiger partial charge in [0, 0.05) is 42.0 Å². The number of methoxy groups -OCH3 is 1. The smallest absolute Gasteiger partial charge is 0.273 e. The van der Waals surface area contributed by atoms with Gasteiger partial charge in [-0.15, -0.1) is 0 Å². The van der Waals surface area contributed by atoms with Crippen LogP contribution in [0, 0.1) is 10.1 Å². The summed E-state index contributed by atoms with van der Waals surface area (Å²) in [7, 11) is 0.632. The molecule has 1 unspecified atom stereocenters. The van der Waals surface area contributed by atoms with Crippen molar-refractivity contribution < 1.29 is 13.9 Å². The van der Waals surface area contributed by atoms with Crippen molar-refractivity contribution in [3.8, 4) is 5.75 Å². The summed E-state index contributed by atoms with van der Waals surface area (Å²) in [5.74, 6) is 1.02. The molecule has 1 atom stereocenters. The van der Waals surface area contributed by atoms with Crippen molar-refractivity contribution in [2.45, 2.75) is 6.54 Å². The number of non-ortho nitro benzene ring substituents is 1. The van der Waals surface area contributed by atoms with Gasteiger partial charge in [-0.25, -0.2) is 0 Å². The van der Waals surface area contributed by atoms with E-state index in [0.29, 0.717) is 24.6 Å². The van der Waals surface area contributed by atoms with Crippen LogP contribution in [-0.2, 0) is 17.3 Å². The van der Waals surface area contributed by atoms with Crippen molar-refractivity contribution in [1.29, 1.82) is 0 Å². The average Bonchev–Trinajstić information content (AvgIpc) is 2.34. The zero-order valence-electron chi connectivity index (χ0n) is 10.3. The Morgan fingerprint density at radius 2 is 2.17 bits per heavy atom. The third kappa shape index (κ3) is 4.80. The summed E-state index contributed by atoms with van der Waals surface area (Å²) in [5, 5.41) is 13.8. The van der Waals surface area contributed by atoms with Gasteiger partial charge >= 0.3 is 0 Å². The van der Waals surface area contributed by atoms with Gasteiger partial charge in [-0.3, -0.25) is 14.3 Å². The molecule has 0 saturated carbocycles. The van der Waals surface area contributed by atoms with E-state index in [1.165, 1.54) is 19.2 Å². The normalized spacial score (nSPS) is 12.1. The molecule has 0 aliphatic carbocycles. The SMILES string of the molecule is COc1cc(CNCCS(C)=O)cc([N+](=O)[O-])c1. The summed E-state index contributed by atoms with van der Waals surface area (Å²) in [5.41, 5.74) is 0.771. The largest absolute Gasteiger partial charge is 0.496 e. The molecule has 1 N–H and O–H groups in total. The minimum atomic E-state index is -0.837. The highest BCUT2D eigenvalue weighted by Crippen LogP contribution is 2.22. The van der Waals surface area contributed by atoms with E-state index < -0.39 is 15.7 Å². The first-order valence-corrected chi connectivity index (χ1v) is 7.08. The van der Waals surface area contributed by atoms with Crippen LogP contribution >= 0.6 is 0 Å². The Kier molecular flexibility index (Phi) is 5.73. The summed E-state index contributed by atoms with van der Waals surface area (Å²) < 4.78 is 15.9. The highest BCUT2D eigenvalue weighted by atomic mass is 32.2. The fraction of sp³-hybridized carbons (Fsp3) is 0.455. The van der Waals surface area contributed by atoms with Crippen molar-refractivity contribution in [3.05, 3.63) is 33.9 Å². The van der Waals surface area contributed by atoms with Crippen LogP contribution in [0.4, 0.5) is 5.69 Å². The summed E-state index contributed by atoms with van der Waals surface area (Å²) in [6.45, 7) is 1.09. The van der Waals surface area contributed by atoms with Crippen LogP contribution in [0.2, 0.25) is 0 Å². The molecule has 0 spiro atoms. The van der Waals surface area contributed by atoms with Crippen LogP contribution in [0.5, 0.6) is 5.75 Å². The minimum absolute atomic E-state index is 0.00483. The number of nitrogens with zero attached hydrogens (tertiary/aromatic N) is 1. The number of hydrogen-bond acceptors (Lipinski definition) is 5. The predicted octanol–water partition coefficient (Wildman–Crippen LogP) is 1.07. The van der Waals surface area contributed by atoms with Crippen LogP contribution in [0.15, 0.2) is 18.2 Å². The van der Waals surface area contributed by atoms with Gasteiger partial charge in [0.15, 0.2) is 0 Å². The fourth-order valence-electron chi connectivity index (χ4n) is 1.42. The third-order valence-electron chi connectivity index (χ3n) is 2.29. The van der Waals surface area contributed by atoms with E-state index in [9.17, 15) is 14.3 Å². The van der Waals surface area contributed by atoms with Crippen LogP contribution in [0.25, 0.3) is 0 Å². The lowest BCUT2D eigenvalue weighted by atomic mass is 10.2. The van der Waals surface area contributed by atoms with E-state index in [4.69, 9.17) is 4.74 Å². The zero-order chi connectivity index (χ0) is 13.5. The maximum absolute atomic E-state index is 10.9. The molecule has 0 heterocycles. The first-order chi connectivity index (χ1) is 8.52. The van der Waals surface area contributed by atoms with Gasteiger partial charge < -0.3 is 10.1 Å². The molecule has 0 bridgehead atoms. The van der Waals surface area contributed by atoms with Gasteiger partial charge in [-0.1, -0.05) is 0 Å². The lowest BCUT2D eigenvalue weighted by Crippen LogP contribution is -2.19. The fourth-order valence-corrected chi connectivity index (χ4v) is 1.85. The van der Waals surface area contributed by atoms with E-state index in [2.05, 4.69) is 5.32 Å². The quantitative estimate of drug-likeness (QED) is 0.456. The van der Waals surface area contributed by atoms with Crippen LogP contribution in [0.1, 0.15) is 5.56 Å². The Balaban J connectivity index is 2.66. The highest BCUT2D eigenvalue weighted by Gasteiger charge is 2.09. The molecule has 0 amide bonds. The van der Waals surface area contributed by atoms with Crippen molar-refractivity contribution >= 4 is 16.5 Å². The summed E-state index contributed by atoms with van der Waals surface area (Å²) in [6, 6.07) is 4.62. The van der Waals surface area contributed by atoms with Crippen LogP contribution in [0.3, 0.4) is 0 Å². The summed E-state index contributed by atoms with van der Waals surface area (Å²) in [4.78, 5) is 10.3. The lowest BCUT2D eigenvalue weighted by molar-refractivity contribution is -0.385. The molecular formula is C11H16N2O4S. The molecule has 0 radical (unpaired) electrons. The van der Waals surface area contributed by atoms with E-state index >= 15 is 0 Å². The van der Waals surface area contributed by atoms with Crippen molar-refractivity contribution in [3.63, 3.8) is 0 Å². The van der Waals surface area contributed by atoms with Gasteiger partial charge in [-0.2, -0.15) is 0 Å². The lowest BCUT2D eigenvalue weighted by Gasteiger charge is -2.06. The number of nitro groups is 1. The first kappa shape index (κ1) is 14.6. The number of nitro benzene ring substituents is 1. The maximum Gasteiger partial charge on any atom is 0.273 e. The molecule has 100 valence electrons. The predicted molar refractivity (Wildman–Crippen MR) is 70.3 cm³/mol. The molecule has 0 aliphatic heterocycles. The van der Waals surface area contributed by atoms with E-state index in [-0.39, 0.29) is 5.69 Å². The second kappa shape index (κ2) is 7.07. The average molecular weight is 272 g/mol. The highest BCUT2D eigenvalue weighted by molar-refractivity contribution is 7.84. The number of rotatable bonds is 7. The molecule has 0 saturated heterocycles. The van der Waals surface area contributed by atoms with Crippen LogP contribution in [-0.4, -0.2) is 34.8 Å². The van der Waals surface area contributed by atoms with Crippen molar-refractivity contribution in [2.24, 2.45) is 0 Å². The second-order valence-electron chi connectivity index (χ2n) is 3.75. The zero-order valence-corrected chi connectivity index (χ0v) is 11.2. The van der Waals surface area contributed by atoms with Gasteiger partial charge in [-0.05, 0) is 11.6 Å². The Labute approximate surface area is 108 Å². The molecule has 1 rings (SSSR count). The molecule has 7 heteroatoms. The Morgan fingerprint density at radius 3 is 2.72 bits per heavy atom. The number of benzene rings is 1. The van der Waals surface area contributed by atoms with Gasteiger partial charge in [0.1, 0.15) is 5.75 Å². The van der Waals surface area contributed by atoms with Gasteiger partial charge in [0.25, 0.3) is 5.69 Å². The third-order valence-corrected chi connectivity index (χ3v) is 3.07. The first-order valence-electron chi connectivity index (χ1n) is 5.36. The number of hydrogen-bond donors (Lipinski definition) is 1. The maximum atomic E-state index is 10.9. The monoisotopic (exact) mass is 272 g/mol. The van der Waals surface area contributed by atoms with Gasteiger partial charge in [0.05, 0.1) is 18.1 Å². The molecular weight excluding hydrogens is 256 g/mol. The van der Waals surface area contributed by atoms with Gasteiger partial charge in [0.2, 0.25) is 0 Å². The van der Waals surface area contributed by atoms with E-state index in [0.717, 1.165) is 5.56 Å². The number of nitrogens with one attached hydrogen (secondary N) is 1. The molecule has 0 aromatic heterocycles. The van der Waals surface area contributed by atoms with Crippen molar-refractivity contribution in [2.75, 3.05) is 25.7 Å². The topological polar surface area (TPSA) is 81.5 Å².